The lowest BCUT2D eigenvalue weighted by Gasteiger charge is -2.35. The largest absolute Gasteiger partial charge is 0.364 e. The molecule has 3 heterocycles. The van der Waals surface area contributed by atoms with E-state index in [4.69, 9.17) is 0 Å². The molecule has 29 heavy (non-hydrogen) atoms. The Morgan fingerprint density at radius 3 is 2.66 bits per heavy atom. The molecule has 1 atom stereocenters. The molecular weight excluding hydrogens is 369 g/mol. The molecule has 1 aromatic heterocycles. The third kappa shape index (κ3) is 3.15. The molecule has 2 fully saturated rings. The fourth-order valence-electron chi connectivity index (χ4n) is 5.19. The number of carbonyl (C=O) groups is 1. The van der Waals surface area contributed by atoms with Gasteiger partial charge < -0.3 is 14.4 Å². The van der Waals surface area contributed by atoms with Crippen LogP contribution in [-0.2, 0) is 7.05 Å². The first-order valence-electron chi connectivity index (χ1n) is 10.2. The average Bonchev–Trinajstić information content (AvgIpc) is 3.18. The van der Waals surface area contributed by atoms with E-state index >= 15 is 0 Å². The Hall–Kier alpha value is -2.63. The minimum absolute atomic E-state index is 0.194. The van der Waals surface area contributed by atoms with Gasteiger partial charge in [0.15, 0.2) is 0 Å². The number of benzene rings is 1. The van der Waals surface area contributed by atoms with Crippen molar-refractivity contribution in [2.45, 2.75) is 51.1 Å². The molecule has 1 unspecified atom stereocenters. The van der Waals surface area contributed by atoms with Crippen LogP contribution in [0.5, 0.6) is 0 Å². The van der Waals surface area contributed by atoms with Gasteiger partial charge in [0.2, 0.25) is 0 Å². The quantitative estimate of drug-likeness (QED) is 0.779. The number of likely N-dealkylation sites (tertiary alicyclic amines) is 1. The van der Waals surface area contributed by atoms with Gasteiger partial charge in [-0.2, -0.15) is 0 Å². The molecule has 0 aliphatic carbocycles. The smallest absolute Gasteiger partial charge is 0.263 e. The summed E-state index contributed by atoms with van der Waals surface area (Å²) in [5.74, 6) is -0.457. The zero-order chi connectivity index (χ0) is 21.0. The normalized spacial score (nSPS) is 23.2. The van der Waals surface area contributed by atoms with Gasteiger partial charge in [0.25, 0.3) is 11.5 Å². The number of halogens is 1. The van der Waals surface area contributed by atoms with Crippen molar-refractivity contribution in [3.63, 3.8) is 0 Å². The summed E-state index contributed by atoms with van der Waals surface area (Å²) in [6, 6.07) is 10.1. The minimum atomic E-state index is -0.344. The molecule has 4 rings (SSSR count). The Morgan fingerprint density at radius 2 is 1.93 bits per heavy atom. The first kappa shape index (κ1) is 19.7. The first-order valence-corrected chi connectivity index (χ1v) is 10.2. The predicted octanol–water partition coefficient (Wildman–Crippen LogP) is 3.50. The van der Waals surface area contributed by atoms with Crippen molar-refractivity contribution >= 4 is 11.6 Å². The molecule has 2 aliphatic heterocycles. The van der Waals surface area contributed by atoms with Crippen molar-refractivity contribution < 1.29 is 9.18 Å². The molecule has 1 aromatic carbocycles. The molecule has 1 amide bonds. The van der Waals surface area contributed by atoms with Crippen molar-refractivity contribution in [1.82, 2.24) is 9.47 Å². The van der Waals surface area contributed by atoms with Crippen LogP contribution >= 0.6 is 0 Å². The van der Waals surface area contributed by atoms with Crippen molar-refractivity contribution in [3.8, 4) is 0 Å². The van der Waals surface area contributed by atoms with Gasteiger partial charge >= 0.3 is 0 Å². The lowest BCUT2D eigenvalue weighted by atomic mass is 9.87. The van der Waals surface area contributed by atoms with Crippen LogP contribution in [0.2, 0.25) is 0 Å². The standard InChI is InChI=1S/C23H28FN3O2/c1-16-9-10-19(20(28)25(16)4)21(29)26-12-6-11-23(26)14-22(2,3)27(15-23)18-8-5-7-17(24)13-18/h5,7-10,13H,6,11-12,14-15H2,1-4H3. The van der Waals surface area contributed by atoms with E-state index in [0.29, 0.717) is 13.1 Å². The summed E-state index contributed by atoms with van der Waals surface area (Å²) < 4.78 is 15.4. The van der Waals surface area contributed by atoms with Crippen LogP contribution in [0, 0.1) is 12.7 Å². The van der Waals surface area contributed by atoms with Gasteiger partial charge in [-0.05, 0) is 70.4 Å². The number of rotatable bonds is 2. The molecule has 154 valence electrons. The third-order valence-electron chi connectivity index (χ3n) is 6.69. The number of carbonyl (C=O) groups excluding carboxylic acids is 1. The molecule has 2 saturated heterocycles. The van der Waals surface area contributed by atoms with E-state index in [0.717, 1.165) is 30.6 Å². The Kier molecular flexibility index (Phi) is 4.56. The SMILES string of the molecule is Cc1ccc(C(=O)N2CCCC23CN(c2cccc(F)c2)C(C)(C)C3)c(=O)n1C. The van der Waals surface area contributed by atoms with Crippen LogP contribution in [0.3, 0.4) is 0 Å². The molecule has 0 N–H and O–H groups in total. The number of aryl methyl sites for hydroxylation is 1. The number of anilines is 1. The maximum atomic E-state index is 13.9. The zero-order valence-corrected chi connectivity index (χ0v) is 17.5. The maximum absolute atomic E-state index is 13.9. The highest BCUT2D eigenvalue weighted by atomic mass is 19.1. The average molecular weight is 397 g/mol. The number of hydrogen-bond donors (Lipinski definition) is 0. The van der Waals surface area contributed by atoms with Crippen molar-refractivity contribution in [1.29, 1.82) is 0 Å². The number of amides is 1. The van der Waals surface area contributed by atoms with E-state index < -0.39 is 0 Å². The third-order valence-corrected chi connectivity index (χ3v) is 6.69. The summed E-state index contributed by atoms with van der Waals surface area (Å²) in [6.07, 6.45) is 2.58. The molecule has 6 heteroatoms. The van der Waals surface area contributed by atoms with Crippen LogP contribution in [-0.4, -0.2) is 39.5 Å². The van der Waals surface area contributed by atoms with Crippen LogP contribution in [0.15, 0.2) is 41.2 Å². The van der Waals surface area contributed by atoms with Crippen LogP contribution in [0.4, 0.5) is 10.1 Å². The Morgan fingerprint density at radius 1 is 1.17 bits per heavy atom. The topological polar surface area (TPSA) is 45.6 Å². The lowest BCUT2D eigenvalue weighted by Crippen LogP contribution is -2.50. The van der Waals surface area contributed by atoms with Gasteiger partial charge in [0.05, 0.1) is 5.54 Å². The Balaban J connectivity index is 1.70. The van der Waals surface area contributed by atoms with Gasteiger partial charge in [-0.3, -0.25) is 9.59 Å². The summed E-state index contributed by atoms with van der Waals surface area (Å²) in [4.78, 5) is 30.2. The number of aromatic nitrogens is 1. The van der Waals surface area contributed by atoms with Gasteiger partial charge in [-0.15, -0.1) is 0 Å². The number of pyridine rings is 1. The van der Waals surface area contributed by atoms with E-state index in [1.807, 2.05) is 24.0 Å². The molecule has 2 aromatic rings. The zero-order valence-electron chi connectivity index (χ0n) is 17.5. The first-order chi connectivity index (χ1) is 13.6. The van der Waals surface area contributed by atoms with Gasteiger partial charge in [-0.1, -0.05) is 6.07 Å². The fourth-order valence-corrected chi connectivity index (χ4v) is 5.19. The second-order valence-electron chi connectivity index (χ2n) is 9.09. The van der Waals surface area contributed by atoms with Gasteiger partial charge in [0.1, 0.15) is 11.4 Å². The van der Waals surface area contributed by atoms with Crippen molar-refractivity contribution in [3.05, 3.63) is 63.8 Å². The molecule has 1 spiro atoms. The molecule has 0 bridgehead atoms. The second-order valence-corrected chi connectivity index (χ2v) is 9.09. The summed E-state index contributed by atoms with van der Waals surface area (Å²) in [5.41, 5.74) is 1.05. The fraction of sp³-hybridized carbons (Fsp3) is 0.478. The summed E-state index contributed by atoms with van der Waals surface area (Å²) in [6.45, 7) is 7.41. The maximum Gasteiger partial charge on any atom is 0.263 e. The Bertz CT molecular complexity index is 1030. The second kappa shape index (κ2) is 6.71. The number of nitrogens with zero attached hydrogens (tertiary/aromatic N) is 3. The summed E-state index contributed by atoms with van der Waals surface area (Å²) in [5, 5.41) is 0. The van der Waals surface area contributed by atoms with E-state index in [1.165, 1.54) is 10.6 Å². The Labute approximate surface area is 170 Å². The molecular formula is C23H28FN3O2. The molecule has 2 aliphatic rings. The highest BCUT2D eigenvalue weighted by molar-refractivity contribution is 5.94. The van der Waals surface area contributed by atoms with Crippen LogP contribution in [0.1, 0.15) is 49.2 Å². The molecule has 5 nitrogen and oxygen atoms in total. The van der Waals surface area contributed by atoms with Gasteiger partial charge in [-0.25, -0.2) is 4.39 Å². The van der Waals surface area contributed by atoms with Crippen molar-refractivity contribution in [2.24, 2.45) is 7.05 Å². The predicted molar refractivity (Wildman–Crippen MR) is 112 cm³/mol. The van der Waals surface area contributed by atoms with E-state index in [2.05, 4.69) is 18.7 Å². The highest BCUT2D eigenvalue weighted by Gasteiger charge is 2.55. The van der Waals surface area contributed by atoms with Gasteiger partial charge in [0, 0.05) is 37.1 Å². The van der Waals surface area contributed by atoms with E-state index in [9.17, 15) is 14.0 Å². The van der Waals surface area contributed by atoms with Crippen LogP contribution in [0.25, 0.3) is 0 Å². The monoisotopic (exact) mass is 397 g/mol. The summed E-state index contributed by atoms with van der Waals surface area (Å²) >= 11 is 0. The van der Waals surface area contributed by atoms with Crippen LogP contribution < -0.4 is 10.5 Å². The summed E-state index contributed by atoms with van der Waals surface area (Å²) in [7, 11) is 1.69. The van der Waals surface area contributed by atoms with Crippen molar-refractivity contribution in [2.75, 3.05) is 18.0 Å². The molecule has 0 radical (unpaired) electrons. The lowest BCUT2D eigenvalue weighted by molar-refractivity contribution is 0.0615. The van der Waals surface area contributed by atoms with E-state index in [1.54, 1.807) is 25.2 Å². The number of hydrogen-bond acceptors (Lipinski definition) is 3. The highest BCUT2D eigenvalue weighted by Crippen LogP contribution is 2.47. The van der Waals surface area contributed by atoms with E-state index in [-0.39, 0.29) is 33.9 Å². The minimum Gasteiger partial charge on any atom is -0.364 e. The molecule has 0 saturated carbocycles.